The van der Waals surface area contributed by atoms with Crippen molar-refractivity contribution in [2.45, 2.75) is 19.4 Å². The van der Waals surface area contributed by atoms with Crippen LogP contribution in [0, 0.1) is 0 Å². The number of nitrogens with two attached hydrogens (primary N) is 1. The van der Waals surface area contributed by atoms with E-state index in [9.17, 15) is 0 Å². The fraction of sp³-hybridized carbons (Fsp3) is 0.538. The van der Waals surface area contributed by atoms with Crippen LogP contribution in [0.1, 0.15) is 24.9 Å². The van der Waals surface area contributed by atoms with Gasteiger partial charge in [0.15, 0.2) is 11.5 Å². The van der Waals surface area contributed by atoms with E-state index in [1.165, 1.54) is 0 Å². The first-order valence-corrected chi connectivity index (χ1v) is 5.74. The predicted octanol–water partition coefficient (Wildman–Crippen LogP) is 2.13. The van der Waals surface area contributed by atoms with E-state index in [-0.39, 0.29) is 6.04 Å². The van der Waals surface area contributed by atoms with Gasteiger partial charge in [0.25, 0.3) is 0 Å². The fourth-order valence-electron chi connectivity index (χ4n) is 1.47. The summed E-state index contributed by atoms with van der Waals surface area (Å²) in [6.45, 7) is 3.25. The Bertz CT molecular complexity index is 339. The standard InChI is InChI=1S/C13H21NO3/c1-10(14)11-5-6-12(13(9-11)16-3)17-8-4-7-15-2/h5-6,9-10H,4,7-8,14H2,1-3H3. The molecule has 1 atom stereocenters. The van der Waals surface area contributed by atoms with Gasteiger partial charge in [-0.25, -0.2) is 0 Å². The fourth-order valence-corrected chi connectivity index (χ4v) is 1.47. The Morgan fingerprint density at radius 1 is 1.18 bits per heavy atom. The van der Waals surface area contributed by atoms with Crippen LogP contribution in [-0.4, -0.2) is 27.4 Å². The van der Waals surface area contributed by atoms with Crippen LogP contribution in [-0.2, 0) is 4.74 Å². The Hall–Kier alpha value is -1.26. The second kappa shape index (κ2) is 7.14. The molecule has 1 aromatic rings. The molecule has 0 fully saturated rings. The zero-order chi connectivity index (χ0) is 12.7. The lowest BCUT2D eigenvalue weighted by molar-refractivity contribution is 0.170. The van der Waals surface area contributed by atoms with Gasteiger partial charge in [0.2, 0.25) is 0 Å². The third kappa shape index (κ3) is 4.24. The van der Waals surface area contributed by atoms with Gasteiger partial charge < -0.3 is 19.9 Å². The van der Waals surface area contributed by atoms with Crippen molar-refractivity contribution in [1.82, 2.24) is 0 Å². The number of methoxy groups -OCH3 is 2. The third-order valence-electron chi connectivity index (χ3n) is 2.46. The van der Waals surface area contributed by atoms with Crippen molar-refractivity contribution < 1.29 is 14.2 Å². The normalized spacial score (nSPS) is 12.2. The third-order valence-corrected chi connectivity index (χ3v) is 2.46. The van der Waals surface area contributed by atoms with Gasteiger partial charge in [-0.05, 0) is 24.6 Å². The highest BCUT2D eigenvalue weighted by molar-refractivity contribution is 5.43. The van der Waals surface area contributed by atoms with Crippen LogP contribution in [0.15, 0.2) is 18.2 Å². The summed E-state index contributed by atoms with van der Waals surface area (Å²) in [5, 5.41) is 0. The lowest BCUT2D eigenvalue weighted by Gasteiger charge is -2.13. The van der Waals surface area contributed by atoms with Gasteiger partial charge >= 0.3 is 0 Å². The van der Waals surface area contributed by atoms with Gasteiger partial charge in [-0.15, -0.1) is 0 Å². The Labute approximate surface area is 103 Å². The first-order chi connectivity index (χ1) is 8.19. The van der Waals surface area contributed by atoms with Crippen molar-refractivity contribution >= 4 is 0 Å². The predicted molar refractivity (Wildman–Crippen MR) is 67.6 cm³/mol. The lowest BCUT2D eigenvalue weighted by atomic mass is 10.1. The molecule has 2 N–H and O–H groups in total. The minimum absolute atomic E-state index is 0.00792. The lowest BCUT2D eigenvalue weighted by Crippen LogP contribution is -2.06. The Balaban J connectivity index is 2.65. The maximum Gasteiger partial charge on any atom is 0.161 e. The van der Waals surface area contributed by atoms with Crippen LogP contribution < -0.4 is 15.2 Å². The van der Waals surface area contributed by atoms with Gasteiger partial charge in [-0.1, -0.05) is 6.07 Å². The summed E-state index contributed by atoms with van der Waals surface area (Å²) in [5.74, 6) is 1.46. The van der Waals surface area contributed by atoms with Gasteiger partial charge in [-0.3, -0.25) is 0 Å². The summed E-state index contributed by atoms with van der Waals surface area (Å²) in [4.78, 5) is 0. The number of rotatable bonds is 7. The Morgan fingerprint density at radius 2 is 1.94 bits per heavy atom. The van der Waals surface area contributed by atoms with Gasteiger partial charge in [0, 0.05) is 26.2 Å². The Kier molecular flexibility index (Phi) is 5.80. The molecule has 96 valence electrons. The molecule has 4 nitrogen and oxygen atoms in total. The smallest absolute Gasteiger partial charge is 0.161 e. The van der Waals surface area contributed by atoms with E-state index in [1.54, 1.807) is 14.2 Å². The zero-order valence-corrected chi connectivity index (χ0v) is 10.7. The second-order valence-corrected chi connectivity index (χ2v) is 3.89. The number of hydrogen-bond acceptors (Lipinski definition) is 4. The van der Waals surface area contributed by atoms with Gasteiger partial charge in [0.05, 0.1) is 13.7 Å². The average Bonchev–Trinajstić information content (AvgIpc) is 2.34. The molecule has 1 aromatic carbocycles. The molecule has 0 aliphatic carbocycles. The van der Waals surface area contributed by atoms with E-state index in [0.29, 0.717) is 13.2 Å². The number of hydrogen-bond donors (Lipinski definition) is 1. The van der Waals surface area contributed by atoms with Crippen LogP contribution in [0.3, 0.4) is 0 Å². The van der Waals surface area contributed by atoms with Crippen LogP contribution >= 0.6 is 0 Å². The summed E-state index contributed by atoms with van der Waals surface area (Å²) >= 11 is 0. The molecule has 0 saturated heterocycles. The highest BCUT2D eigenvalue weighted by Gasteiger charge is 2.07. The maximum atomic E-state index is 5.81. The summed E-state index contributed by atoms with van der Waals surface area (Å²) in [6.07, 6.45) is 0.856. The molecular weight excluding hydrogens is 218 g/mol. The minimum atomic E-state index is -0.00792. The Morgan fingerprint density at radius 3 is 2.53 bits per heavy atom. The molecule has 17 heavy (non-hydrogen) atoms. The highest BCUT2D eigenvalue weighted by atomic mass is 16.5. The quantitative estimate of drug-likeness (QED) is 0.741. The molecule has 4 heteroatoms. The molecule has 1 unspecified atom stereocenters. The zero-order valence-electron chi connectivity index (χ0n) is 10.7. The molecule has 0 saturated carbocycles. The molecule has 0 heterocycles. The van der Waals surface area contributed by atoms with E-state index in [1.807, 2.05) is 25.1 Å². The molecule has 0 aromatic heterocycles. The molecular formula is C13H21NO3. The van der Waals surface area contributed by atoms with E-state index in [2.05, 4.69) is 0 Å². The summed E-state index contributed by atoms with van der Waals surface area (Å²) in [6, 6.07) is 5.76. The van der Waals surface area contributed by atoms with Gasteiger partial charge in [-0.2, -0.15) is 0 Å². The second-order valence-electron chi connectivity index (χ2n) is 3.89. The number of benzene rings is 1. The molecule has 0 amide bonds. The number of ether oxygens (including phenoxy) is 3. The summed E-state index contributed by atoms with van der Waals surface area (Å²) in [7, 11) is 3.31. The molecule has 0 radical (unpaired) electrons. The topological polar surface area (TPSA) is 53.7 Å². The molecule has 0 aliphatic rings. The maximum absolute atomic E-state index is 5.81. The van der Waals surface area contributed by atoms with Crippen molar-refractivity contribution in [3.05, 3.63) is 23.8 Å². The summed E-state index contributed by atoms with van der Waals surface area (Å²) in [5.41, 5.74) is 6.85. The van der Waals surface area contributed by atoms with Gasteiger partial charge in [0.1, 0.15) is 0 Å². The highest BCUT2D eigenvalue weighted by Crippen LogP contribution is 2.29. The molecule has 1 rings (SSSR count). The first kappa shape index (κ1) is 13.8. The average molecular weight is 239 g/mol. The van der Waals surface area contributed by atoms with Crippen LogP contribution in [0.25, 0.3) is 0 Å². The first-order valence-electron chi connectivity index (χ1n) is 5.74. The van der Waals surface area contributed by atoms with E-state index < -0.39 is 0 Å². The van der Waals surface area contributed by atoms with Crippen molar-refractivity contribution in [3.63, 3.8) is 0 Å². The van der Waals surface area contributed by atoms with E-state index >= 15 is 0 Å². The van der Waals surface area contributed by atoms with Crippen molar-refractivity contribution in [2.75, 3.05) is 27.4 Å². The van der Waals surface area contributed by atoms with Crippen molar-refractivity contribution in [3.8, 4) is 11.5 Å². The monoisotopic (exact) mass is 239 g/mol. The minimum Gasteiger partial charge on any atom is -0.493 e. The largest absolute Gasteiger partial charge is 0.493 e. The van der Waals surface area contributed by atoms with Crippen LogP contribution in [0.2, 0.25) is 0 Å². The van der Waals surface area contributed by atoms with Crippen molar-refractivity contribution in [1.29, 1.82) is 0 Å². The van der Waals surface area contributed by atoms with Crippen molar-refractivity contribution in [2.24, 2.45) is 5.73 Å². The van der Waals surface area contributed by atoms with Crippen LogP contribution in [0.4, 0.5) is 0 Å². The molecule has 0 spiro atoms. The molecule has 0 bridgehead atoms. The van der Waals surface area contributed by atoms with Crippen LogP contribution in [0.5, 0.6) is 11.5 Å². The molecule has 0 aliphatic heterocycles. The van der Waals surface area contributed by atoms with E-state index in [4.69, 9.17) is 19.9 Å². The van der Waals surface area contributed by atoms with E-state index in [0.717, 1.165) is 23.5 Å². The summed E-state index contributed by atoms with van der Waals surface area (Å²) < 4.78 is 15.9. The SMILES string of the molecule is COCCCOc1ccc(C(C)N)cc1OC.